The maximum absolute atomic E-state index is 12.2. The highest BCUT2D eigenvalue weighted by Gasteiger charge is 2.26. The van der Waals surface area contributed by atoms with Crippen molar-refractivity contribution >= 4 is 11.8 Å². The van der Waals surface area contributed by atoms with Crippen LogP contribution in [0.1, 0.15) is 73.1 Å². The summed E-state index contributed by atoms with van der Waals surface area (Å²) in [5.41, 5.74) is 5.25. The second-order valence-electron chi connectivity index (χ2n) is 13.8. The Morgan fingerprint density at radius 1 is 0.667 bits per heavy atom. The fourth-order valence-electron chi connectivity index (χ4n) is 5.43. The first kappa shape index (κ1) is 49.3. The van der Waals surface area contributed by atoms with Crippen LogP contribution in [-0.4, -0.2) is 131 Å². The highest BCUT2D eigenvalue weighted by molar-refractivity contribution is 5.88. The van der Waals surface area contributed by atoms with E-state index in [4.69, 9.17) is 37.9 Å². The molecule has 1 rings (SSSR count). The van der Waals surface area contributed by atoms with Crippen molar-refractivity contribution in [2.24, 2.45) is 5.41 Å². The van der Waals surface area contributed by atoms with Crippen LogP contribution in [0.4, 0.5) is 0 Å². The van der Waals surface area contributed by atoms with Gasteiger partial charge in [0.2, 0.25) is 11.8 Å². The molecule has 310 valence electrons. The molecular weight excluding hydrogens is 692 g/mol. The molecule has 2 N–H and O–H groups in total. The van der Waals surface area contributed by atoms with Gasteiger partial charge < -0.3 is 48.5 Å². The number of rotatable bonds is 34. The first-order valence-corrected chi connectivity index (χ1v) is 19.6. The zero-order chi connectivity index (χ0) is 39.5. The maximum Gasteiger partial charge on any atom is 0.244 e. The first-order valence-electron chi connectivity index (χ1n) is 19.6. The van der Waals surface area contributed by atoms with Crippen LogP contribution in [0, 0.1) is 5.41 Å². The van der Waals surface area contributed by atoms with Crippen LogP contribution >= 0.6 is 0 Å². The van der Waals surface area contributed by atoms with Crippen molar-refractivity contribution in [2.45, 2.75) is 73.1 Å². The normalized spacial score (nSPS) is 15.1. The minimum Gasteiger partial charge on any atom is -0.382 e. The number of carbonyl (C=O) groups excluding carboxylic acids is 2. The Balaban J connectivity index is 1.90. The Morgan fingerprint density at radius 3 is 1.70 bits per heavy atom. The number of hydrogen-bond donors (Lipinski definition) is 2. The molecule has 0 heterocycles. The highest BCUT2D eigenvalue weighted by Crippen LogP contribution is 2.40. The lowest BCUT2D eigenvalue weighted by Gasteiger charge is -2.32. The van der Waals surface area contributed by atoms with Crippen LogP contribution in [-0.2, 0) is 47.5 Å². The summed E-state index contributed by atoms with van der Waals surface area (Å²) in [5, 5.41) is 5.77. The fourth-order valence-corrected chi connectivity index (χ4v) is 5.43. The van der Waals surface area contributed by atoms with Gasteiger partial charge in [0.15, 0.2) is 0 Å². The Morgan fingerprint density at radius 2 is 1.17 bits per heavy atom. The van der Waals surface area contributed by atoms with E-state index in [0.717, 1.165) is 18.4 Å². The van der Waals surface area contributed by atoms with Gasteiger partial charge in [-0.2, -0.15) is 0 Å². The van der Waals surface area contributed by atoms with E-state index in [-0.39, 0.29) is 17.2 Å². The van der Waals surface area contributed by atoms with Gasteiger partial charge in [0, 0.05) is 45.9 Å². The van der Waals surface area contributed by atoms with Gasteiger partial charge in [-0.3, -0.25) is 9.59 Å². The van der Waals surface area contributed by atoms with Crippen LogP contribution in [0.2, 0.25) is 0 Å². The second-order valence-corrected chi connectivity index (χ2v) is 13.8. The second kappa shape index (κ2) is 33.6. The van der Waals surface area contributed by atoms with Gasteiger partial charge in [0.05, 0.1) is 85.9 Å². The molecule has 2 amide bonds. The molecule has 0 radical (unpaired) electrons. The lowest BCUT2D eigenvalue weighted by atomic mass is 9.72. The molecule has 0 aromatic heterocycles. The number of carbonyl (C=O) groups is 2. The van der Waals surface area contributed by atoms with Crippen molar-refractivity contribution in [3.63, 3.8) is 0 Å². The van der Waals surface area contributed by atoms with Gasteiger partial charge in [0.1, 0.15) is 0 Å². The predicted octanol–water partition coefficient (Wildman–Crippen LogP) is 5.68. The van der Waals surface area contributed by atoms with Gasteiger partial charge in [0.25, 0.3) is 0 Å². The molecule has 0 unspecified atom stereocenters. The topological polar surface area (TPSA) is 132 Å². The minimum atomic E-state index is -0.108. The molecule has 54 heavy (non-hydrogen) atoms. The van der Waals surface area contributed by atoms with E-state index in [1.54, 1.807) is 13.2 Å². The summed E-state index contributed by atoms with van der Waals surface area (Å²) in [6.07, 6.45) is 17.5. The van der Waals surface area contributed by atoms with Gasteiger partial charge in [-0.25, -0.2) is 0 Å². The van der Waals surface area contributed by atoms with Crippen molar-refractivity contribution in [3.05, 3.63) is 58.7 Å². The Hall–Kier alpha value is -2.68. The Kier molecular flexibility index (Phi) is 30.7. The molecule has 1 aliphatic rings. The lowest BCUT2D eigenvalue weighted by molar-refractivity contribution is -0.122. The fraction of sp³-hybridized carbons (Fsp3) is 0.714. The summed E-state index contributed by atoms with van der Waals surface area (Å²) in [7, 11) is 1.64. The van der Waals surface area contributed by atoms with E-state index in [2.05, 4.69) is 56.6 Å². The van der Waals surface area contributed by atoms with Crippen LogP contribution in [0.3, 0.4) is 0 Å². The molecule has 0 aliphatic heterocycles. The summed E-state index contributed by atoms with van der Waals surface area (Å²) in [6.45, 7) is 19.5. The molecule has 0 fully saturated rings. The third-order valence-electron chi connectivity index (χ3n) is 8.45. The number of amides is 2. The zero-order valence-electron chi connectivity index (χ0n) is 34.3. The maximum atomic E-state index is 12.2. The van der Waals surface area contributed by atoms with Crippen molar-refractivity contribution in [3.8, 4) is 0 Å². The third kappa shape index (κ3) is 28.7. The van der Waals surface area contributed by atoms with E-state index in [1.807, 2.05) is 19.1 Å². The van der Waals surface area contributed by atoms with Crippen LogP contribution in [0.25, 0.3) is 0 Å². The standard InChI is InChI=1S/C42H72N2O10/c1-36(14-15-39-38(3)13-8-17-42(39,4)5)11-7-12-37(2)35-41(46)44-19-10-21-49-26-29-52-28-25-48-20-9-18-43-40(45)16-22-50-27-30-53-33-34-54-32-31-51-24-23-47-6/h7,11-12,14-15,35H,8-10,13,16-34H2,1-6H3,(H,43,45)(H,44,46). The average Bonchev–Trinajstić information content (AvgIpc) is 3.12. The number of ether oxygens (including phenoxy) is 8. The molecular formula is C42H72N2O10. The Bertz CT molecular complexity index is 1150. The molecule has 0 spiro atoms. The summed E-state index contributed by atoms with van der Waals surface area (Å²) >= 11 is 0. The van der Waals surface area contributed by atoms with Crippen molar-refractivity contribution in [1.82, 2.24) is 10.6 Å². The Labute approximate surface area is 326 Å². The summed E-state index contributed by atoms with van der Waals surface area (Å²) in [5.74, 6) is -0.157. The van der Waals surface area contributed by atoms with Crippen molar-refractivity contribution in [1.29, 1.82) is 0 Å². The molecule has 0 aromatic rings. The summed E-state index contributed by atoms with van der Waals surface area (Å²) in [4.78, 5) is 24.1. The molecule has 0 atom stereocenters. The molecule has 12 heteroatoms. The zero-order valence-corrected chi connectivity index (χ0v) is 34.3. The third-order valence-corrected chi connectivity index (χ3v) is 8.45. The molecule has 1 aliphatic carbocycles. The van der Waals surface area contributed by atoms with Crippen LogP contribution < -0.4 is 10.6 Å². The predicted molar refractivity (Wildman–Crippen MR) is 214 cm³/mol. The summed E-state index contributed by atoms with van der Waals surface area (Å²) < 4.78 is 43.1. The van der Waals surface area contributed by atoms with E-state index in [0.29, 0.717) is 119 Å². The monoisotopic (exact) mass is 765 g/mol. The van der Waals surface area contributed by atoms with Crippen LogP contribution in [0.15, 0.2) is 58.7 Å². The van der Waals surface area contributed by atoms with E-state index in [1.165, 1.54) is 36.0 Å². The number of allylic oxidation sites excluding steroid dienone is 9. The number of methoxy groups -OCH3 is 1. The summed E-state index contributed by atoms with van der Waals surface area (Å²) in [6, 6.07) is 0. The van der Waals surface area contributed by atoms with Gasteiger partial charge in [-0.1, -0.05) is 55.4 Å². The van der Waals surface area contributed by atoms with Gasteiger partial charge >= 0.3 is 0 Å². The number of nitrogens with one attached hydrogen (secondary N) is 2. The van der Waals surface area contributed by atoms with E-state index >= 15 is 0 Å². The molecule has 12 nitrogen and oxygen atoms in total. The highest BCUT2D eigenvalue weighted by atomic mass is 16.6. The molecule has 0 bridgehead atoms. The lowest BCUT2D eigenvalue weighted by Crippen LogP contribution is -2.26. The van der Waals surface area contributed by atoms with Crippen LogP contribution in [0.5, 0.6) is 0 Å². The van der Waals surface area contributed by atoms with Gasteiger partial charge in [-0.05, 0) is 69.4 Å². The molecule has 0 saturated carbocycles. The van der Waals surface area contributed by atoms with Gasteiger partial charge in [-0.15, -0.1) is 0 Å². The van der Waals surface area contributed by atoms with Crippen molar-refractivity contribution in [2.75, 3.05) is 119 Å². The minimum absolute atomic E-state index is 0.0489. The first-order chi connectivity index (χ1) is 26.2. The van der Waals surface area contributed by atoms with E-state index in [9.17, 15) is 9.59 Å². The largest absolute Gasteiger partial charge is 0.382 e. The SMILES string of the molecule is COCCOCCOCCOCCOCCC(=O)NCCCOCCOCCOCCCNC(=O)C=C(C)C=CC=C(C)C=CC1=C(C)CCCC1(C)C. The quantitative estimate of drug-likeness (QED) is 0.0479. The molecule has 0 saturated heterocycles. The smallest absolute Gasteiger partial charge is 0.244 e. The average molecular weight is 765 g/mol. The molecule has 0 aromatic carbocycles. The number of hydrogen-bond acceptors (Lipinski definition) is 10. The van der Waals surface area contributed by atoms with Crippen molar-refractivity contribution < 1.29 is 47.5 Å². The van der Waals surface area contributed by atoms with E-state index < -0.39 is 0 Å².